The molecule has 1 amide bonds. The van der Waals surface area contributed by atoms with Crippen molar-refractivity contribution < 1.29 is 9.53 Å². The van der Waals surface area contributed by atoms with E-state index in [2.05, 4.69) is 10.3 Å². The number of aryl methyl sites for hydroxylation is 1. The monoisotopic (exact) mass is 254 g/mol. The molecule has 0 unspecified atom stereocenters. The summed E-state index contributed by atoms with van der Waals surface area (Å²) in [6, 6.07) is 0. The Hall–Kier alpha value is -0.940. The molecule has 1 fully saturated rings. The number of nitrogens with one attached hydrogen (secondary N) is 1. The SMILES string of the molecule is Cc1nc(C(=O)NCCCOCC2CC2)cs1. The molecule has 0 saturated heterocycles. The molecule has 0 bridgehead atoms. The Morgan fingerprint density at radius 2 is 2.47 bits per heavy atom. The van der Waals surface area contributed by atoms with Crippen molar-refractivity contribution in [2.45, 2.75) is 26.2 Å². The summed E-state index contributed by atoms with van der Waals surface area (Å²) < 4.78 is 5.48. The van der Waals surface area contributed by atoms with Gasteiger partial charge in [0.1, 0.15) is 5.69 Å². The zero-order valence-corrected chi connectivity index (χ0v) is 10.9. The third kappa shape index (κ3) is 4.44. The summed E-state index contributed by atoms with van der Waals surface area (Å²) in [5.74, 6) is 0.721. The van der Waals surface area contributed by atoms with E-state index >= 15 is 0 Å². The molecule has 1 aromatic heterocycles. The molecular formula is C12H18N2O2S. The number of thiazole rings is 1. The lowest BCUT2D eigenvalue weighted by atomic mass is 10.4. The number of carbonyl (C=O) groups excluding carboxylic acids is 1. The molecule has 0 radical (unpaired) electrons. The van der Waals surface area contributed by atoms with Gasteiger partial charge in [-0.3, -0.25) is 4.79 Å². The molecule has 2 rings (SSSR count). The summed E-state index contributed by atoms with van der Waals surface area (Å²) >= 11 is 1.49. The zero-order chi connectivity index (χ0) is 12.1. The fraction of sp³-hybridized carbons (Fsp3) is 0.667. The largest absolute Gasteiger partial charge is 0.381 e. The fourth-order valence-corrected chi connectivity index (χ4v) is 2.06. The van der Waals surface area contributed by atoms with E-state index in [4.69, 9.17) is 4.74 Å². The van der Waals surface area contributed by atoms with Gasteiger partial charge in [-0.05, 0) is 32.1 Å². The zero-order valence-electron chi connectivity index (χ0n) is 10.1. The first-order chi connectivity index (χ1) is 8.25. The lowest BCUT2D eigenvalue weighted by Gasteiger charge is -2.04. The number of amides is 1. The average Bonchev–Trinajstić information content (AvgIpc) is 3.04. The first-order valence-corrected chi connectivity index (χ1v) is 6.92. The molecule has 17 heavy (non-hydrogen) atoms. The lowest BCUT2D eigenvalue weighted by Crippen LogP contribution is -2.25. The van der Waals surface area contributed by atoms with Crippen molar-refractivity contribution in [3.05, 3.63) is 16.1 Å². The third-order valence-electron chi connectivity index (χ3n) is 2.65. The Balaban J connectivity index is 1.53. The van der Waals surface area contributed by atoms with Crippen LogP contribution in [0.3, 0.4) is 0 Å². The smallest absolute Gasteiger partial charge is 0.270 e. The van der Waals surface area contributed by atoms with Crippen LogP contribution in [0.25, 0.3) is 0 Å². The van der Waals surface area contributed by atoms with E-state index in [1.165, 1.54) is 24.2 Å². The summed E-state index contributed by atoms with van der Waals surface area (Å²) in [4.78, 5) is 15.7. The summed E-state index contributed by atoms with van der Waals surface area (Å²) in [7, 11) is 0. The van der Waals surface area contributed by atoms with Crippen molar-refractivity contribution in [1.82, 2.24) is 10.3 Å². The van der Waals surface area contributed by atoms with Gasteiger partial charge in [0, 0.05) is 25.1 Å². The van der Waals surface area contributed by atoms with E-state index in [1.807, 2.05) is 6.92 Å². The van der Waals surface area contributed by atoms with Crippen LogP contribution in [-0.2, 0) is 4.74 Å². The van der Waals surface area contributed by atoms with Crippen LogP contribution in [0, 0.1) is 12.8 Å². The van der Waals surface area contributed by atoms with Crippen LogP contribution < -0.4 is 5.32 Å². The van der Waals surface area contributed by atoms with E-state index in [-0.39, 0.29) is 5.91 Å². The molecule has 0 atom stereocenters. The van der Waals surface area contributed by atoms with Gasteiger partial charge in [0.2, 0.25) is 0 Å². The van der Waals surface area contributed by atoms with Crippen molar-refractivity contribution in [3.8, 4) is 0 Å². The Morgan fingerprint density at radius 1 is 1.65 bits per heavy atom. The van der Waals surface area contributed by atoms with Crippen LogP contribution in [0.2, 0.25) is 0 Å². The number of aromatic nitrogens is 1. The first kappa shape index (κ1) is 12.5. The molecule has 1 aromatic rings. The van der Waals surface area contributed by atoms with E-state index in [0.29, 0.717) is 12.2 Å². The third-order valence-corrected chi connectivity index (χ3v) is 3.43. The molecular weight excluding hydrogens is 236 g/mol. The van der Waals surface area contributed by atoms with Crippen molar-refractivity contribution in [2.75, 3.05) is 19.8 Å². The van der Waals surface area contributed by atoms with E-state index in [0.717, 1.165) is 30.6 Å². The molecule has 5 heteroatoms. The molecule has 1 N–H and O–H groups in total. The van der Waals surface area contributed by atoms with Crippen LogP contribution in [-0.4, -0.2) is 30.6 Å². The molecule has 1 saturated carbocycles. The maximum Gasteiger partial charge on any atom is 0.270 e. The molecule has 0 aromatic carbocycles. The van der Waals surface area contributed by atoms with Gasteiger partial charge in [-0.15, -0.1) is 11.3 Å². The minimum Gasteiger partial charge on any atom is -0.381 e. The van der Waals surface area contributed by atoms with Crippen LogP contribution >= 0.6 is 11.3 Å². The van der Waals surface area contributed by atoms with E-state index < -0.39 is 0 Å². The summed E-state index contributed by atoms with van der Waals surface area (Å²) in [6.45, 7) is 4.17. The Labute approximate surface area is 105 Å². The predicted octanol–water partition coefficient (Wildman–Crippen LogP) is 2.00. The van der Waals surface area contributed by atoms with Gasteiger partial charge in [0.05, 0.1) is 5.01 Å². The van der Waals surface area contributed by atoms with E-state index in [1.54, 1.807) is 5.38 Å². The minimum absolute atomic E-state index is 0.0865. The molecule has 1 aliphatic rings. The number of ether oxygens (including phenoxy) is 1. The van der Waals surface area contributed by atoms with Crippen molar-refractivity contribution >= 4 is 17.2 Å². The van der Waals surface area contributed by atoms with Gasteiger partial charge < -0.3 is 10.1 Å². The van der Waals surface area contributed by atoms with Crippen molar-refractivity contribution in [2.24, 2.45) is 5.92 Å². The molecule has 1 heterocycles. The Bertz CT molecular complexity index is 374. The second-order valence-corrected chi connectivity index (χ2v) is 5.44. The maximum absolute atomic E-state index is 11.6. The van der Waals surface area contributed by atoms with Crippen molar-refractivity contribution in [3.63, 3.8) is 0 Å². The van der Waals surface area contributed by atoms with Gasteiger partial charge in [-0.25, -0.2) is 4.98 Å². The first-order valence-electron chi connectivity index (χ1n) is 6.04. The Kier molecular flexibility index (Phi) is 4.50. The minimum atomic E-state index is -0.0865. The van der Waals surface area contributed by atoms with Gasteiger partial charge in [0.15, 0.2) is 0 Å². The highest BCUT2D eigenvalue weighted by Gasteiger charge is 2.20. The average molecular weight is 254 g/mol. The number of nitrogens with zero attached hydrogens (tertiary/aromatic N) is 1. The van der Waals surface area contributed by atoms with Gasteiger partial charge >= 0.3 is 0 Å². The molecule has 4 nitrogen and oxygen atoms in total. The maximum atomic E-state index is 11.6. The molecule has 0 spiro atoms. The molecule has 0 aliphatic heterocycles. The summed E-state index contributed by atoms with van der Waals surface area (Å²) in [5.41, 5.74) is 0.520. The molecule has 1 aliphatic carbocycles. The quantitative estimate of drug-likeness (QED) is 0.757. The number of rotatable bonds is 7. The highest BCUT2D eigenvalue weighted by molar-refractivity contribution is 7.09. The lowest BCUT2D eigenvalue weighted by molar-refractivity contribution is 0.0933. The number of hydrogen-bond acceptors (Lipinski definition) is 4. The topological polar surface area (TPSA) is 51.2 Å². The second kappa shape index (κ2) is 6.12. The normalized spacial score (nSPS) is 14.9. The van der Waals surface area contributed by atoms with E-state index in [9.17, 15) is 4.79 Å². The van der Waals surface area contributed by atoms with Crippen LogP contribution in [0.5, 0.6) is 0 Å². The fourth-order valence-electron chi connectivity index (χ4n) is 1.47. The van der Waals surface area contributed by atoms with Crippen LogP contribution in [0.4, 0.5) is 0 Å². The predicted molar refractivity (Wildman–Crippen MR) is 67.3 cm³/mol. The number of carbonyl (C=O) groups is 1. The summed E-state index contributed by atoms with van der Waals surface area (Å²) in [6.07, 6.45) is 3.50. The second-order valence-electron chi connectivity index (χ2n) is 4.38. The van der Waals surface area contributed by atoms with Gasteiger partial charge in [0.25, 0.3) is 5.91 Å². The van der Waals surface area contributed by atoms with Crippen LogP contribution in [0.15, 0.2) is 5.38 Å². The number of hydrogen-bond donors (Lipinski definition) is 1. The van der Waals surface area contributed by atoms with Gasteiger partial charge in [-0.1, -0.05) is 0 Å². The highest BCUT2D eigenvalue weighted by atomic mass is 32.1. The van der Waals surface area contributed by atoms with Crippen LogP contribution in [0.1, 0.15) is 34.8 Å². The van der Waals surface area contributed by atoms with Gasteiger partial charge in [-0.2, -0.15) is 0 Å². The summed E-state index contributed by atoms with van der Waals surface area (Å²) in [5, 5.41) is 5.55. The standard InChI is InChI=1S/C12H18N2O2S/c1-9-14-11(8-17-9)12(15)13-5-2-6-16-7-10-3-4-10/h8,10H,2-7H2,1H3,(H,13,15). The Morgan fingerprint density at radius 3 is 3.12 bits per heavy atom. The molecule has 94 valence electrons. The highest BCUT2D eigenvalue weighted by Crippen LogP contribution is 2.28. The van der Waals surface area contributed by atoms with Crippen molar-refractivity contribution in [1.29, 1.82) is 0 Å².